The highest BCUT2D eigenvalue weighted by Crippen LogP contribution is 2.40. The van der Waals surface area contributed by atoms with Crippen molar-refractivity contribution in [3.63, 3.8) is 0 Å². The predicted molar refractivity (Wildman–Crippen MR) is 102 cm³/mol. The number of allylic oxidation sites excluding steroid dienone is 1. The summed E-state index contributed by atoms with van der Waals surface area (Å²) in [6, 6.07) is 4.63. The smallest absolute Gasteiger partial charge is 0.202 e. The molecule has 0 radical (unpaired) electrons. The molecule has 3 aliphatic heterocycles. The number of thioether (sulfide) groups is 1. The van der Waals surface area contributed by atoms with E-state index in [0.29, 0.717) is 0 Å². The van der Waals surface area contributed by atoms with Crippen molar-refractivity contribution in [3.05, 3.63) is 33.7 Å². The molecule has 23 heavy (non-hydrogen) atoms. The Kier molecular flexibility index (Phi) is 4.06. The summed E-state index contributed by atoms with van der Waals surface area (Å²) < 4.78 is 0. The quantitative estimate of drug-likeness (QED) is 0.586. The summed E-state index contributed by atoms with van der Waals surface area (Å²) in [5, 5.41) is 0.217. The second kappa shape index (κ2) is 6.06. The molecule has 1 atom stereocenters. The standard InChI is InChI=1S/C19H21NOS2/c1-2-15-18(22)16(23-19(15)21)11-12-9-13-5-3-7-20-8-4-6-14(10-12)17(13)20/h9-11,15H,2-8H2,1H3/b16-11-/t15-/m1/s1. The Bertz CT molecular complexity index is 691. The second-order valence-corrected chi connectivity index (χ2v) is 8.12. The lowest BCUT2D eigenvalue weighted by Gasteiger charge is -2.37. The zero-order chi connectivity index (χ0) is 16.0. The molecule has 4 heteroatoms. The molecule has 0 saturated carbocycles. The van der Waals surface area contributed by atoms with Crippen LogP contribution in [0.25, 0.3) is 6.08 Å². The van der Waals surface area contributed by atoms with Crippen LogP contribution in [0, 0.1) is 5.92 Å². The lowest BCUT2D eigenvalue weighted by atomic mass is 9.90. The van der Waals surface area contributed by atoms with Crippen molar-refractivity contribution in [3.8, 4) is 0 Å². The SMILES string of the molecule is CC[C@H]1C(=O)S/C(=C\c2cc3c4c(c2)CCCN4CCC3)C1=S. The van der Waals surface area contributed by atoms with Crippen LogP contribution in [0.4, 0.5) is 5.69 Å². The summed E-state index contributed by atoms with van der Waals surface area (Å²) in [6.45, 7) is 4.44. The van der Waals surface area contributed by atoms with Crippen LogP contribution in [0.3, 0.4) is 0 Å². The molecule has 4 rings (SSSR count). The van der Waals surface area contributed by atoms with Gasteiger partial charge in [-0.1, -0.05) is 30.9 Å². The zero-order valence-corrected chi connectivity index (χ0v) is 15.1. The van der Waals surface area contributed by atoms with Crippen LogP contribution in [-0.4, -0.2) is 23.1 Å². The molecule has 3 aliphatic rings. The van der Waals surface area contributed by atoms with Gasteiger partial charge < -0.3 is 4.90 Å². The van der Waals surface area contributed by atoms with Crippen molar-refractivity contribution in [1.82, 2.24) is 0 Å². The van der Waals surface area contributed by atoms with Gasteiger partial charge in [-0.15, -0.1) is 0 Å². The van der Waals surface area contributed by atoms with Crippen LogP contribution < -0.4 is 4.90 Å². The molecule has 3 heterocycles. The Labute approximate surface area is 147 Å². The molecule has 0 aromatic heterocycles. The number of benzene rings is 1. The van der Waals surface area contributed by atoms with Crippen LogP contribution >= 0.6 is 24.0 Å². The summed E-state index contributed by atoms with van der Waals surface area (Å²) >= 11 is 6.87. The van der Waals surface area contributed by atoms with E-state index in [2.05, 4.69) is 23.1 Å². The summed E-state index contributed by atoms with van der Waals surface area (Å²) in [7, 11) is 0. The van der Waals surface area contributed by atoms with Crippen LogP contribution in [0.1, 0.15) is 42.9 Å². The molecular formula is C19H21NOS2. The highest BCUT2D eigenvalue weighted by Gasteiger charge is 2.33. The van der Waals surface area contributed by atoms with Crippen molar-refractivity contribution in [1.29, 1.82) is 0 Å². The minimum Gasteiger partial charge on any atom is -0.371 e. The maximum Gasteiger partial charge on any atom is 0.202 e. The molecule has 0 bridgehead atoms. The molecule has 120 valence electrons. The molecule has 1 saturated heterocycles. The first-order chi connectivity index (χ1) is 11.2. The average molecular weight is 344 g/mol. The fourth-order valence-corrected chi connectivity index (χ4v) is 5.64. The van der Waals surface area contributed by atoms with Crippen LogP contribution in [0.15, 0.2) is 17.0 Å². The normalized spacial score (nSPS) is 25.2. The average Bonchev–Trinajstić information content (AvgIpc) is 2.81. The van der Waals surface area contributed by atoms with Crippen LogP contribution in [-0.2, 0) is 17.6 Å². The molecule has 0 unspecified atom stereocenters. The van der Waals surface area contributed by atoms with Gasteiger partial charge in [0.2, 0.25) is 5.12 Å². The number of anilines is 1. The maximum atomic E-state index is 12.1. The number of aryl methyl sites for hydroxylation is 2. The van der Waals surface area contributed by atoms with Gasteiger partial charge in [0.25, 0.3) is 0 Å². The first-order valence-corrected chi connectivity index (χ1v) is 9.78. The predicted octanol–water partition coefficient (Wildman–Crippen LogP) is 4.40. The fraction of sp³-hybridized carbons (Fsp3) is 0.474. The number of rotatable bonds is 2. The summed E-state index contributed by atoms with van der Waals surface area (Å²) in [5.74, 6) is -0.0623. The molecule has 2 nitrogen and oxygen atoms in total. The first kappa shape index (κ1) is 15.4. The summed E-state index contributed by atoms with van der Waals surface area (Å²) in [5.41, 5.74) is 5.67. The van der Waals surface area contributed by atoms with Gasteiger partial charge in [0, 0.05) is 28.5 Å². The van der Waals surface area contributed by atoms with Crippen LogP contribution in [0.5, 0.6) is 0 Å². The highest BCUT2D eigenvalue weighted by molar-refractivity contribution is 8.19. The van der Waals surface area contributed by atoms with Crippen molar-refractivity contribution >= 4 is 45.7 Å². The van der Waals surface area contributed by atoms with Crippen molar-refractivity contribution in [2.75, 3.05) is 18.0 Å². The van der Waals surface area contributed by atoms with Gasteiger partial charge >= 0.3 is 0 Å². The molecule has 0 amide bonds. The first-order valence-electron chi connectivity index (χ1n) is 8.55. The molecule has 0 spiro atoms. The largest absolute Gasteiger partial charge is 0.371 e. The van der Waals surface area contributed by atoms with Crippen molar-refractivity contribution < 1.29 is 4.79 Å². The fourth-order valence-electron chi connectivity index (χ4n) is 4.03. The van der Waals surface area contributed by atoms with Crippen LogP contribution in [0.2, 0.25) is 0 Å². The van der Waals surface area contributed by atoms with E-state index in [4.69, 9.17) is 12.2 Å². The molecule has 0 N–H and O–H groups in total. The summed E-state index contributed by atoms with van der Waals surface area (Å²) in [4.78, 5) is 16.4. The minimum atomic E-state index is -0.0623. The third-order valence-electron chi connectivity index (χ3n) is 5.12. The van der Waals surface area contributed by atoms with Gasteiger partial charge in [0.1, 0.15) is 0 Å². The number of hydrogen-bond acceptors (Lipinski definition) is 4. The third kappa shape index (κ3) is 2.66. The Morgan fingerprint density at radius 1 is 1.26 bits per heavy atom. The molecule has 0 aliphatic carbocycles. The maximum absolute atomic E-state index is 12.1. The second-order valence-electron chi connectivity index (χ2n) is 6.64. The Morgan fingerprint density at radius 3 is 2.48 bits per heavy atom. The van der Waals surface area contributed by atoms with Crippen molar-refractivity contribution in [2.45, 2.75) is 39.0 Å². The number of hydrogen-bond donors (Lipinski definition) is 0. The van der Waals surface area contributed by atoms with Gasteiger partial charge in [0.05, 0.1) is 5.92 Å². The van der Waals surface area contributed by atoms with E-state index in [0.717, 1.165) is 16.2 Å². The van der Waals surface area contributed by atoms with E-state index < -0.39 is 0 Å². The lowest BCUT2D eigenvalue weighted by molar-refractivity contribution is -0.112. The van der Waals surface area contributed by atoms with E-state index in [1.54, 1.807) is 0 Å². The Morgan fingerprint density at radius 2 is 1.91 bits per heavy atom. The van der Waals surface area contributed by atoms with Gasteiger partial charge in [-0.05, 0) is 67.0 Å². The summed E-state index contributed by atoms with van der Waals surface area (Å²) in [6.07, 6.45) is 7.79. The Balaban J connectivity index is 1.72. The highest BCUT2D eigenvalue weighted by atomic mass is 32.2. The lowest BCUT2D eigenvalue weighted by Crippen LogP contribution is -2.34. The molecule has 1 aromatic carbocycles. The third-order valence-corrected chi connectivity index (χ3v) is 6.79. The minimum absolute atomic E-state index is 0.0623. The monoisotopic (exact) mass is 343 g/mol. The molecule has 1 aromatic rings. The van der Waals surface area contributed by atoms with E-state index in [1.807, 2.05) is 6.92 Å². The van der Waals surface area contributed by atoms with E-state index >= 15 is 0 Å². The van der Waals surface area contributed by atoms with E-state index in [1.165, 1.54) is 72.9 Å². The number of carbonyl (C=O) groups excluding carboxylic acids is 1. The zero-order valence-electron chi connectivity index (χ0n) is 13.4. The Hall–Kier alpha value is -1.13. The van der Waals surface area contributed by atoms with Gasteiger partial charge in [-0.25, -0.2) is 0 Å². The topological polar surface area (TPSA) is 20.3 Å². The van der Waals surface area contributed by atoms with Gasteiger partial charge in [0.15, 0.2) is 0 Å². The molecular weight excluding hydrogens is 322 g/mol. The van der Waals surface area contributed by atoms with E-state index in [-0.39, 0.29) is 11.0 Å². The van der Waals surface area contributed by atoms with Gasteiger partial charge in [-0.3, -0.25) is 4.79 Å². The number of nitrogens with zero attached hydrogens (tertiary/aromatic N) is 1. The van der Waals surface area contributed by atoms with Gasteiger partial charge in [-0.2, -0.15) is 0 Å². The number of carbonyl (C=O) groups is 1. The molecule has 1 fully saturated rings. The van der Waals surface area contributed by atoms with E-state index in [9.17, 15) is 4.79 Å². The number of thiocarbonyl (C=S) groups is 1. The van der Waals surface area contributed by atoms with Crippen molar-refractivity contribution in [2.24, 2.45) is 5.92 Å².